The average molecular weight is 680 g/mol. The van der Waals surface area contributed by atoms with Crippen molar-refractivity contribution in [3.05, 3.63) is 119 Å². The maximum atomic E-state index is 15.3. The van der Waals surface area contributed by atoms with Crippen molar-refractivity contribution in [1.82, 2.24) is 14.6 Å². The molecule has 0 saturated carbocycles. The fraction of sp³-hybridized carbons (Fsp3) is 0.314. The number of nitrogens with zero attached hydrogens (tertiary/aromatic N) is 2. The van der Waals surface area contributed by atoms with E-state index in [2.05, 4.69) is 15.6 Å². The van der Waals surface area contributed by atoms with E-state index in [1.54, 1.807) is 83.3 Å². The minimum Gasteiger partial charge on any atom is -0.481 e. The highest BCUT2D eigenvalue weighted by Crippen LogP contribution is 2.31. The third-order valence-corrected chi connectivity index (χ3v) is 10.8. The van der Waals surface area contributed by atoms with E-state index in [9.17, 15) is 13.2 Å². The lowest BCUT2D eigenvalue weighted by molar-refractivity contribution is -0.117. The Morgan fingerprint density at radius 2 is 1.79 bits per heavy atom. The number of rotatable bonds is 12. The van der Waals surface area contributed by atoms with Crippen molar-refractivity contribution in [3.63, 3.8) is 0 Å². The van der Waals surface area contributed by atoms with Crippen molar-refractivity contribution >= 4 is 33.2 Å². The Morgan fingerprint density at radius 3 is 2.47 bits per heavy atom. The summed E-state index contributed by atoms with van der Waals surface area (Å²) in [6, 6.07) is 21.9. The Hall–Kier alpha value is -3.87. The molecular formula is C35H39ClFN5O4S. The van der Waals surface area contributed by atoms with Gasteiger partial charge in [-0.1, -0.05) is 54.1 Å². The van der Waals surface area contributed by atoms with Gasteiger partial charge in [0.15, 0.2) is 0 Å². The molecule has 1 aliphatic rings. The first-order valence-corrected chi connectivity index (χ1v) is 17.3. The summed E-state index contributed by atoms with van der Waals surface area (Å²) < 4.78 is 49.3. The summed E-state index contributed by atoms with van der Waals surface area (Å²) in [6.45, 7) is 2.90. The van der Waals surface area contributed by atoms with E-state index in [1.807, 2.05) is 6.92 Å². The molecule has 1 saturated heterocycles. The molecule has 0 unspecified atom stereocenters. The van der Waals surface area contributed by atoms with Gasteiger partial charge >= 0.3 is 0 Å². The highest BCUT2D eigenvalue weighted by Gasteiger charge is 2.37. The van der Waals surface area contributed by atoms with Crippen molar-refractivity contribution in [2.24, 2.45) is 5.73 Å². The Balaban J connectivity index is 1.33. The lowest BCUT2D eigenvalue weighted by atomic mass is 9.85. The van der Waals surface area contributed by atoms with Crippen LogP contribution in [-0.4, -0.2) is 61.9 Å². The van der Waals surface area contributed by atoms with Crippen LogP contribution in [0, 0.1) is 5.82 Å². The van der Waals surface area contributed by atoms with Gasteiger partial charge in [-0.05, 0) is 73.7 Å². The summed E-state index contributed by atoms with van der Waals surface area (Å²) in [6.07, 6.45) is 2.88. The van der Waals surface area contributed by atoms with Crippen LogP contribution in [0.25, 0.3) is 0 Å². The van der Waals surface area contributed by atoms with Crippen molar-refractivity contribution in [2.45, 2.75) is 55.1 Å². The van der Waals surface area contributed by atoms with E-state index in [0.29, 0.717) is 53.6 Å². The third-order valence-electron chi connectivity index (χ3n) is 8.49. The molecule has 1 fully saturated rings. The molecule has 9 nitrogen and oxygen atoms in total. The molecule has 5 rings (SSSR count). The van der Waals surface area contributed by atoms with Gasteiger partial charge in [-0.25, -0.2) is 17.8 Å². The van der Waals surface area contributed by atoms with Crippen LogP contribution in [0.2, 0.25) is 5.02 Å². The Bertz CT molecular complexity index is 1760. The predicted octanol–water partition coefficient (Wildman–Crippen LogP) is 5.35. The number of nitrogens with one attached hydrogen (secondary N) is 2. The molecule has 4 aromatic rings. The number of pyridine rings is 1. The summed E-state index contributed by atoms with van der Waals surface area (Å²) >= 11 is 6.13. The first kappa shape index (κ1) is 34.5. The highest BCUT2D eigenvalue weighted by atomic mass is 35.5. The minimum absolute atomic E-state index is 0.247. The Labute approximate surface area is 280 Å². The normalized spacial score (nSPS) is 18.3. The fourth-order valence-electron chi connectivity index (χ4n) is 6.16. The van der Waals surface area contributed by atoms with Crippen LogP contribution in [0.15, 0.2) is 96.0 Å². The summed E-state index contributed by atoms with van der Waals surface area (Å²) in [7, 11) is -2.21. The predicted molar refractivity (Wildman–Crippen MR) is 182 cm³/mol. The molecule has 0 aliphatic carbocycles. The van der Waals surface area contributed by atoms with E-state index in [0.717, 1.165) is 5.56 Å². The molecular weight excluding hydrogens is 641 g/mol. The van der Waals surface area contributed by atoms with Crippen LogP contribution in [0.5, 0.6) is 5.88 Å². The van der Waals surface area contributed by atoms with Crippen LogP contribution < -0.4 is 21.1 Å². The maximum absolute atomic E-state index is 15.3. The second-order valence-corrected chi connectivity index (χ2v) is 13.9. The van der Waals surface area contributed by atoms with Gasteiger partial charge in [0, 0.05) is 59.6 Å². The highest BCUT2D eigenvalue weighted by molar-refractivity contribution is 7.89. The molecule has 2 heterocycles. The molecule has 4 atom stereocenters. The maximum Gasteiger partial charge on any atom is 0.243 e. The molecule has 0 spiro atoms. The second-order valence-electron chi connectivity index (χ2n) is 11.6. The number of carbonyl (C=O) groups is 1. The zero-order chi connectivity index (χ0) is 33.6. The number of hydrogen-bond donors (Lipinski definition) is 3. The first-order chi connectivity index (χ1) is 22.6. The standard InChI is InChI=1S/C35H39ClFN5O4S/c1-23-20-39-22-27(42(23)47(44,45)28-9-4-3-5-10-28)8-6-11-29-30(37)12-7-13-31(29)41-35(43)34(38)33(24-14-17-26(36)18-15-24)25-16-19-32(46-2)40-21-25/h3-5,7,9-10,12-19,21,23,27,33-34,39H,6,8,11,20,22,38H2,1-2H3,(H,41,43)/t23-,27+,33+,34+/m1/s1. The second kappa shape index (κ2) is 15.4. The number of anilines is 1. The van der Waals surface area contributed by atoms with E-state index in [4.69, 9.17) is 22.1 Å². The topological polar surface area (TPSA) is 127 Å². The molecule has 47 heavy (non-hydrogen) atoms. The molecule has 1 aliphatic heterocycles. The number of aromatic nitrogens is 1. The Kier molecular flexibility index (Phi) is 11.3. The van der Waals surface area contributed by atoms with Crippen LogP contribution >= 0.6 is 11.6 Å². The van der Waals surface area contributed by atoms with Gasteiger partial charge in [-0.3, -0.25) is 4.79 Å². The van der Waals surface area contributed by atoms with Crippen LogP contribution in [-0.2, 0) is 21.2 Å². The molecule has 3 aromatic carbocycles. The van der Waals surface area contributed by atoms with E-state index < -0.39 is 33.7 Å². The molecule has 1 aromatic heterocycles. The number of carbonyl (C=O) groups excluding carboxylic acids is 1. The fourth-order valence-corrected chi connectivity index (χ4v) is 8.15. The number of benzene rings is 3. The molecule has 248 valence electrons. The smallest absolute Gasteiger partial charge is 0.243 e. The summed E-state index contributed by atoms with van der Waals surface area (Å²) in [5, 5.41) is 6.73. The third kappa shape index (κ3) is 7.99. The Morgan fingerprint density at radius 1 is 1.06 bits per heavy atom. The van der Waals surface area contributed by atoms with E-state index in [-0.39, 0.29) is 23.4 Å². The van der Waals surface area contributed by atoms with Crippen LogP contribution in [0.3, 0.4) is 0 Å². The number of hydrogen-bond acceptors (Lipinski definition) is 7. The van der Waals surface area contributed by atoms with E-state index in [1.165, 1.54) is 19.2 Å². The van der Waals surface area contributed by atoms with Gasteiger partial charge < -0.3 is 21.1 Å². The largest absolute Gasteiger partial charge is 0.481 e. The van der Waals surface area contributed by atoms with Gasteiger partial charge in [-0.15, -0.1) is 0 Å². The summed E-state index contributed by atoms with van der Waals surface area (Å²) in [5.41, 5.74) is 8.72. The van der Waals surface area contributed by atoms with Gasteiger partial charge in [-0.2, -0.15) is 4.31 Å². The lowest BCUT2D eigenvalue weighted by Crippen LogP contribution is -2.58. The number of halogens is 2. The van der Waals surface area contributed by atoms with Crippen molar-refractivity contribution in [2.75, 3.05) is 25.5 Å². The van der Waals surface area contributed by atoms with Crippen molar-refractivity contribution in [3.8, 4) is 5.88 Å². The molecule has 4 N–H and O–H groups in total. The molecule has 0 radical (unpaired) electrons. The SMILES string of the molecule is COc1ccc([C@H](c2ccc(Cl)cc2)[C@H](N)C(=O)Nc2cccc(F)c2CCC[C@H]2CNC[C@@H](C)N2S(=O)(=O)c2ccccc2)cn1. The molecule has 0 bridgehead atoms. The van der Waals surface area contributed by atoms with Crippen molar-refractivity contribution in [1.29, 1.82) is 0 Å². The number of nitrogens with two attached hydrogens (primary N) is 1. The van der Waals surface area contributed by atoms with Crippen LogP contribution in [0.1, 0.15) is 42.4 Å². The average Bonchev–Trinajstić information content (AvgIpc) is 3.07. The number of methoxy groups -OCH3 is 1. The van der Waals surface area contributed by atoms with Crippen molar-refractivity contribution < 1.29 is 22.3 Å². The molecule has 1 amide bonds. The van der Waals surface area contributed by atoms with Gasteiger partial charge in [0.1, 0.15) is 5.82 Å². The van der Waals surface area contributed by atoms with Gasteiger partial charge in [0.25, 0.3) is 0 Å². The lowest BCUT2D eigenvalue weighted by Gasteiger charge is -2.40. The number of amides is 1. The summed E-state index contributed by atoms with van der Waals surface area (Å²) in [5.74, 6) is -1.13. The van der Waals surface area contributed by atoms with Gasteiger partial charge in [0.05, 0.1) is 18.0 Å². The number of ether oxygens (including phenoxy) is 1. The van der Waals surface area contributed by atoms with Crippen LogP contribution in [0.4, 0.5) is 10.1 Å². The zero-order valence-electron chi connectivity index (χ0n) is 26.3. The number of piperazine rings is 1. The summed E-state index contributed by atoms with van der Waals surface area (Å²) in [4.78, 5) is 18.2. The zero-order valence-corrected chi connectivity index (χ0v) is 27.8. The minimum atomic E-state index is -3.73. The molecule has 12 heteroatoms. The van der Waals surface area contributed by atoms with E-state index >= 15 is 4.39 Å². The quantitative estimate of drug-likeness (QED) is 0.184. The first-order valence-electron chi connectivity index (χ1n) is 15.5. The van der Waals surface area contributed by atoms with Gasteiger partial charge in [0.2, 0.25) is 21.8 Å². The monoisotopic (exact) mass is 679 g/mol. The number of sulfonamides is 1.